The van der Waals surface area contributed by atoms with Crippen molar-refractivity contribution in [2.45, 2.75) is 44.2 Å². The Morgan fingerprint density at radius 2 is 2.13 bits per heavy atom. The fourth-order valence-electron chi connectivity index (χ4n) is 3.31. The van der Waals surface area contributed by atoms with Gasteiger partial charge in [-0.05, 0) is 37.3 Å². The molecule has 10 heteroatoms. The Labute approximate surface area is 178 Å². The van der Waals surface area contributed by atoms with Gasteiger partial charge in [0.1, 0.15) is 11.6 Å². The molecule has 2 fully saturated rings. The standard InChI is InChI=1S/C20H24ClFN4O4/c21-15-5-4-14(9-16(15)22)29-11-18(27)24-13-3-6-17(23-10-13)19-25-26-20(30-19)28-8-7-12-1-2-12/h4-5,9,12-13,17,23H,1-3,6-8,10-11H2,(H,24,27)/t13-,17+/m0/s1. The fourth-order valence-corrected chi connectivity index (χ4v) is 3.43. The highest BCUT2D eigenvalue weighted by molar-refractivity contribution is 6.30. The first-order chi connectivity index (χ1) is 14.6. The number of halogens is 2. The van der Waals surface area contributed by atoms with Gasteiger partial charge in [0, 0.05) is 18.7 Å². The van der Waals surface area contributed by atoms with E-state index >= 15 is 0 Å². The summed E-state index contributed by atoms with van der Waals surface area (Å²) in [5, 5.41) is 14.2. The van der Waals surface area contributed by atoms with Crippen LogP contribution in [0.5, 0.6) is 11.8 Å². The van der Waals surface area contributed by atoms with Crippen LogP contribution in [0.25, 0.3) is 0 Å². The predicted molar refractivity (Wildman–Crippen MR) is 106 cm³/mol. The topological polar surface area (TPSA) is 98.5 Å². The van der Waals surface area contributed by atoms with Gasteiger partial charge in [-0.3, -0.25) is 4.79 Å². The van der Waals surface area contributed by atoms with E-state index in [4.69, 9.17) is 25.5 Å². The molecule has 2 atom stereocenters. The number of benzene rings is 1. The van der Waals surface area contributed by atoms with Gasteiger partial charge in [0.15, 0.2) is 6.61 Å². The van der Waals surface area contributed by atoms with Crippen molar-refractivity contribution in [3.63, 3.8) is 0 Å². The lowest BCUT2D eigenvalue weighted by Gasteiger charge is -2.28. The summed E-state index contributed by atoms with van der Waals surface area (Å²) in [6.45, 7) is 0.960. The maximum Gasteiger partial charge on any atom is 0.414 e. The number of carbonyl (C=O) groups excluding carboxylic acids is 1. The highest BCUT2D eigenvalue weighted by Gasteiger charge is 2.27. The molecule has 4 rings (SSSR count). The number of nitrogens with zero attached hydrogens (tertiary/aromatic N) is 2. The summed E-state index contributed by atoms with van der Waals surface area (Å²) >= 11 is 5.63. The molecule has 1 aromatic carbocycles. The van der Waals surface area contributed by atoms with Crippen LogP contribution in [0.2, 0.25) is 5.02 Å². The number of carbonyl (C=O) groups is 1. The van der Waals surface area contributed by atoms with Crippen molar-refractivity contribution in [3.8, 4) is 11.8 Å². The summed E-state index contributed by atoms with van der Waals surface area (Å²) in [5.41, 5.74) is 0. The van der Waals surface area contributed by atoms with E-state index in [9.17, 15) is 9.18 Å². The first kappa shape index (κ1) is 20.9. The van der Waals surface area contributed by atoms with E-state index < -0.39 is 5.82 Å². The third-order valence-electron chi connectivity index (χ3n) is 5.21. The van der Waals surface area contributed by atoms with E-state index in [2.05, 4.69) is 20.8 Å². The minimum atomic E-state index is -0.588. The second-order valence-electron chi connectivity index (χ2n) is 7.65. The average molecular weight is 439 g/mol. The van der Waals surface area contributed by atoms with Crippen LogP contribution in [0.3, 0.4) is 0 Å². The fraction of sp³-hybridized carbons (Fsp3) is 0.550. The van der Waals surface area contributed by atoms with Crippen LogP contribution in [-0.2, 0) is 4.79 Å². The molecule has 30 heavy (non-hydrogen) atoms. The predicted octanol–water partition coefficient (Wildman–Crippen LogP) is 3.03. The maximum atomic E-state index is 13.4. The highest BCUT2D eigenvalue weighted by atomic mass is 35.5. The molecule has 2 aliphatic rings. The zero-order chi connectivity index (χ0) is 20.9. The van der Waals surface area contributed by atoms with Crippen molar-refractivity contribution in [1.82, 2.24) is 20.8 Å². The summed E-state index contributed by atoms with van der Waals surface area (Å²) in [4.78, 5) is 12.1. The molecule has 1 saturated carbocycles. The molecule has 1 aliphatic carbocycles. The molecule has 1 aliphatic heterocycles. The number of aromatic nitrogens is 2. The maximum absolute atomic E-state index is 13.4. The number of piperidine rings is 1. The second kappa shape index (κ2) is 9.61. The van der Waals surface area contributed by atoms with Gasteiger partial charge in [0.25, 0.3) is 5.91 Å². The molecular formula is C20H24ClFN4O4. The van der Waals surface area contributed by atoms with Crippen molar-refractivity contribution in [2.24, 2.45) is 5.92 Å². The van der Waals surface area contributed by atoms with Crippen LogP contribution in [0.15, 0.2) is 22.6 Å². The molecule has 0 unspecified atom stereocenters. The van der Waals surface area contributed by atoms with E-state index in [1.54, 1.807) is 0 Å². The van der Waals surface area contributed by atoms with Crippen molar-refractivity contribution in [2.75, 3.05) is 19.8 Å². The number of ether oxygens (including phenoxy) is 2. The third kappa shape index (κ3) is 5.82. The van der Waals surface area contributed by atoms with Gasteiger partial charge >= 0.3 is 6.08 Å². The molecule has 1 amide bonds. The number of rotatable bonds is 9. The summed E-state index contributed by atoms with van der Waals surface area (Å²) in [5.74, 6) is 0.668. The summed E-state index contributed by atoms with van der Waals surface area (Å²) in [7, 11) is 0. The second-order valence-corrected chi connectivity index (χ2v) is 8.06. The van der Waals surface area contributed by atoms with Crippen LogP contribution >= 0.6 is 11.6 Å². The molecule has 1 aromatic heterocycles. The Bertz CT molecular complexity index is 868. The SMILES string of the molecule is O=C(COc1ccc(Cl)c(F)c1)N[C@H]1CC[C@H](c2nnc(OCCC3CC3)o2)NC1. The van der Waals surface area contributed by atoms with Gasteiger partial charge in [-0.15, -0.1) is 5.10 Å². The van der Waals surface area contributed by atoms with Crippen LogP contribution in [0.1, 0.15) is 44.0 Å². The Kier molecular flexibility index (Phi) is 6.69. The van der Waals surface area contributed by atoms with E-state index in [-0.39, 0.29) is 41.4 Å². The van der Waals surface area contributed by atoms with Gasteiger partial charge in [0.2, 0.25) is 5.89 Å². The van der Waals surface area contributed by atoms with Gasteiger partial charge in [-0.25, -0.2) is 4.39 Å². The Morgan fingerprint density at radius 3 is 2.87 bits per heavy atom. The van der Waals surface area contributed by atoms with Gasteiger partial charge in [-0.2, -0.15) is 0 Å². The van der Waals surface area contributed by atoms with E-state index in [1.165, 1.54) is 25.0 Å². The van der Waals surface area contributed by atoms with Crippen molar-refractivity contribution in [3.05, 3.63) is 34.9 Å². The molecule has 0 spiro atoms. The summed E-state index contributed by atoms with van der Waals surface area (Å²) in [6.07, 6.45) is 5.29. The number of nitrogens with one attached hydrogen (secondary N) is 2. The number of hydrogen-bond acceptors (Lipinski definition) is 7. The Hall–Kier alpha value is -2.39. The lowest BCUT2D eigenvalue weighted by atomic mass is 10.0. The lowest BCUT2D eigenvalue weighted by Crippen LogP contribution is -2.48. The molecule has 0 bridgehead atoms. The molecule has 2 N–H and O–H groups in total. The van der Waals surface area contributed by atoms with Crippen LogP contribution < -0.4 is 20.1 Å². The van der Waals surface area contributed by atoms with Crippen molar-refractivity contribution < 1.29 is 23.1 Å². The molecule has 0 radical (unpaired) electrons. The monoisotopic (exact) mass is 438 g/mol. The van der Waals surface area contributed by atoms with E-state index in [0.29, 0.717) is 19.0 Å². The first-order valence-electron chi connectivity index (χ1n) is 10.1. The zero-order valence-electron chi connectivity index (χ0n) is 16.4. The smallest absolute Gasteiger partial charge is 0.414 e. The molecular weight excluding hydrogens is 415 g/mol. The van der Waals surface area contributed by atoms with Gasteiger partial charge in [-0.1, -0.05) is 29.5 Å². The Morgan fingerprint density at radius 1 is 1.27 bits per heavy atom. The summed E-state index contributed by atoms with van der Waals surface area (Å²) in [6, 6.07) is 3.93. The molecule has 2 heterocycles. The summed E-state index contributed by atoms with van der Waals surface area (Å²) < 4.78 is 29.8. The zero-order valence-corrected chi connectivity index (χ0v) is 17.2. The van der Waals surface area contributed by atoms with Gasteiger partial charge < -0.3 is 24.5 Å². The van der Waals surface area contributed by atoms with Crippen LogP contribution in [0, 0.1) is 11.7 Å². The number of amides is 1. The molecule has 2 aromatic rings. The highest BCUT2D eigenvalue weighted by Crippen LogP contribution is 2.32. The normalized spacial score (nSPS) is 21.3. The Balaban J connectivity index is 1.16. The van der Waals surface area contributed by atoms with Crippen molar-refractivity contribution in [1.29, 1.82) is 0 Å². The minimum Gasteiger partial charge on any atom is -0.484 e. The minimum absolute atomic E-state index is 0.00724. The quantitative estimate of drug-likeness (QED) is 0.620. The number of hydrogen-bond donors (Lipinski definition) is 2. The first-order valence-corrected chi connectivity index (χ1v) is 10.5. The van der Waals surface area contributed by atoms with E-state index in [0.717, 1.165) is 31.2 Å². The largest absolute Gasteiger partial charge is 0.484 e. The molecule has 8 nitrogen and oxygen atoms in total. The van der Waals surface area contributed by atoms with Gasteiger partial charge in [0.05, 0.1) is 17.7 Å². The van der Waals surface area contributed by atoms with Crippen molar-refractivity contribution >= 4 is 17.5 Å². The molecule has 162 valence electrons. The molecule has 1 saturated heterocycles. The lowest BCUT2D eigenvalue weighted by molar-refractivity contribution is -0.124. The third-order valence-corrected chi connectivity index (χ3v) is 5.52. The van der Waals surface area contributed by atoms with E-state index in [1.807, 2.05) is 0 Å². The van der Waals surface area contributed by atoms with Crippen LogP contribution in [-0.4, -0.2) is 41.9 Å². The average Bonchev–Trinajstić information content (AvgIpc) is 3.45. The van der Waals surface area contributed by atoms with Crippen LogP contribution in [0.4, 0.5) is 4.39 Å².